The van der Waals surface area contributed by atoms with E-state index in [4.69, 9.17) is 4.74 Å². The summed E-state index contributed by atoms with van der Waals surface area (Å²) in [5.74, 6) is 0.743. The Morgan fingerprint density at radius 3 is 3.05 bits per heavy atom. The van der Waals surface area contributed by atoms with E-state index >= 15 is 0 Å². The van der Waals surface area contributed by atoms with E-state index in [-0.39, 0.29) is 5.54 Å². The van der Waals surface area contributed by atoms with E-state index in [1.54, 1.807) is 13.3 Å². The summed E-state index contributed by atoms with van der Waals surface area (Å²) >= 11 is 0. The zero-order valence-corrected chi connectivity index (χ0v) is 12.4. The van der Waals surface area contributed by atoms with Gasteiger partial charge in [0, 0.05) is 43.0 Å². The molecule has 0 amide bonds. The third-order valence-electron chi connectivity index (χ3n) is 4.26. The molecule has 1 aromatic heterocycles. The quantitative estimate of drug-likeness (QED) is 0.902. The van der Waals surface area contributed by atoms with Gasteiger partial charge >= 0.3 is 0 Å². The zero-order chi connectivity index (χ0) is 13.9. The molecule has 4 nitrogen and oxygen atoms in total. The lowest BCUT2D eigenvalue weighted by Gasteiger charge is -2.47. The summed E-state index contributed by atoms with van der Waals surface area (Å²) in [6, 6.07) is 4.61. The molecule has 1 aliphatic rings. The minimum atomic E-state index is 0.202. The second-order valence-electron chi connectivity index (χ2n) is 5.68. The molecule has 0 spiro atoms. The first-order valence-corrected chi connectivity index (χ1v) is 7.05. The Bertz CT molecular complexity index is 424. The van der Waals surface area contributed by atoms with E-state index in [9.17, 15) is 0 Å². The van der Waals surface area contributed by atoms with Gasteiger partial charge < -0.3 is 10.1 Å². The van der Waals surface area contributed by atoms with E-state index < -0.39 is 0 Å². The summed E-state index contributed by atoms with van der Waals surface area (Å²) in [4.78, 5) is 6.84. The molecule has 1 aromatic rings. The van der Waals surface area contributed by atoms with Crippen LogP contribution in [-0.4, -0.2) is 41.7 Å². The Hall–Kier alpha value is -1.13. The summed E-state index contributed by atoms with van der Waals surface area (Å²) in [6.07, 6.45) is 2.91. The Labute approximate surface area is 116 Å². The molecular formula is C15H25N3O. The maximum Gasteiger partial charge on any atom is 0.217 e. The van der Waals surface area contributed by atoms with E-state index in [1.807, 2.05) is 6.07 Å². The van der Waals surface area contributed by atoms with Crippen LogP contribution in [0.1, 0.15) is 32.8 Å². The van der Waals surface area contributed by atoms with Crippen molar-refractivity contribution in [2.75, 3.05) is 20.2 Å². The molecule has 1 N–H and O–H groups in total. The predicted octanol–water partition coefficient (Wildman–Crippen LogP) is 2.05. The van der Waals surface area contributed by atoms with Gasteiger partial charge in [0.1, 0.15) is 0 Å². The second kappa shape index (κ2) is 5.88. The molecule has 2 unspecified atom stereocenters. The van der Waals surface area contributed by atoms with Crippen molar-refractivity contribution < 1.29 is 4.74 Å². The number of nitrogens with zero attached hydrogens (tertiary/aromatic N) is 2. The first kappa shape index (κ1) is 14.3. The van der Waals surface area contributed by atoms with Gasteiger partial charge in [-0.2, -0.15) is 0 Å². The highest BCUT2D eigenvalue weighted by atomic mass is 16.5. The van der Waals surface area contributed by atoms with Crippen molar-refractivity contribution in [2.24, 2.45) is 0 Å². The largest absolute Gasteiger partial charge is 0.481 e. The van der Waals surface area contributed by atoms with Crippen LogP contribution in [0.25, 0.3) is 0 Å². The number of nitrogens with one attached hydrogen (secondary N) is 1. The molecule has 1 aliphatic heterocycles. The van der Waals surface area contributed by atoms with E-state index in [2.05, 4.69) is 42.0 Å². The number of methoxy groups -OCH3 is 1. The highest BCUT2D eigenvalue weighted by molar-refractivity contribution is 5.25. The van der Waals surface area contributed by atoms with Gasteiger partial charge in [0.25, 0.3) is 0 Å². The molecule has 1 fully saturated rings. The van der Waals surface area contributed by atoms with Gasteiger partial charge in [0.15, 0.2) is 0 Å². The molecule has 2 atom stereocenters. The minimum Gasteiger partial charge on any atom is -0.481 e. The number of aromatic nitrogens is 1. The lowest BCUT2D eigenvalue weighted by Crippen LogP contribution is -2.61. The highest BCUT2D eigenvalue weighted by Crippen LogP contribution is 2.27. The molecule has 0 bridgehead atoms. The normalized spacial score (nSPS) is 28.3. The zero-order valence-electron chi connectivity index (χ0n) is 12.4. The van der Waals surface area contributed by atoms with Crippen LogP contribution in [-0.2, 0) is 6.54 Å². The van der Waals surface area contributed by atoms with Crippen molar-refractivity contribution >= 4 is 0 Å². The van der Waals surface area contributed by atoms with Crippen molar-refractivity contribution in [3.05, 3.63) is 23.9 Å². The topological polar surface area (TPSA) is 37.4 Å². The van der Waals surface area contributed by atoms with Gasteiger partial charge in [-0.05, 0) is 26.3 Å². The first-order chi connectivity index (χ1) is 9.09. The number of hydrogen-bond acceptors (Lipinski definition) is 4. The van der Waals surface area contributed by atoms with Gasteiger partial charge in [-0.15, -0.1) is 0 Å². The van der Waals surface area contributed by atoms with Gasteiger partial charge in [-0.3, -0.25) is 4.90 Å². The molecular weight excluding hydrogens is 238 g/mol. The fourth-order valence-corrected chi connectivity index (χ4v) is 2.66. The van der Waals surface area contributed by atoms with E-state index in [0.717, 1.165) is 31.9 Å². The highest BCUT2D eigenvalue weighted by Gasteiger charge is 2.35. The van der Waals surface area contributed by atoms with Crippen LogP contribution in [0, 0.1) is 0 Å². The van der Waals surface area contributed by atoms with Crippen LogP contribution in [0.3, 0.4) is 0 Å². The minimum absolute atomic E-state index is 0.202. The van der Waals surface area contributed by atoms with Crippen molar-refractivity contribution in [3.63, 3.8) is 0 Å². The van der Waals surface area contributed by atoms with Crippen molar-refractivity contribution in [1.29, 1.82) is 0 Å². The van der Waals surface area contributed by atoms with Gasteiger partial charge in [0.05, 0.1) is 7.11 Å². The molecule has 19 heavy (non-hydrogen) atoms. The van der Waals surface area contributed by atoms with Crippen LogP contribution in [0.5, 0.6) is 5.88 Å². The summed E-state index contributed by atoms with van der Waals surface area (Å²) in [5.41, 5.74) is 1.37. The number of pyridine rings is 1. The van der Waals surface area contributed by atoms with Crippen LogP contribution in [0.4, 0.5) is 0 Å². The van der Waals surface area contributed by atoms with Gasteiger partial charge in [-0.1, -0.05) is 13.0 Å². The van der Waals surface area contributed by atoms with Crippen LogP contribution >= 0.6 is 0 Å². The van der Waals surface area contributed by atoms with E-state index in [1.165, 1.54) is 5.56 Å². The number of ether oxygens (including phenoxy) is 1. The van der Waals surface area contributed by atoms with Gasteiger partial charge in [-0.25, -0.2) is 4.98 Å². The number of hydrogen-bond donors (Lipinski definition) is 1. The third kappa shape index (κ3) is 3.07. The van der Waals surface area contributed by atoms with Crippen LogP contribution < -0.4 is 10.1 Å². The predicted molar refractivity (Wildman–Crippen MR) is 77.4 cm³/mol. The second-order valence-corrected chi connectivity index (χ2v) is 5.68. The average Bonchev–Trinajstić information content (AvgIpc) is 2.43. The first-order valence-electron chi connectivity index (χ1n) is 7.05. The molecule has 0 aliphatic carbocycles. The molecule has 1 saturated heterocycles. The SMILES string of the molecule is CCC1(C)CNC(C)CN1Cc1cccnc1OC. The molecule has 2 rings (SSSR count). The summed E-state index contributed by atoms with van der Waals surface area (Å²) < 4.78 is 5.36. The Kier molecular flexibility index (Phi) is 4.42. The average molecular weight is 263 g/mol. The lowest BCUT2D eigenvalue weighted by molar-refractivity contribution is 0.0445. The Balaban J connectivity index is 2.19. The number of piperazine rings is 1. The molecule has 0 aromatic carbocycles. The summed E-state index contributed by atoms with van der Waals surface area (Å²) in [7, 11) is 1.69. The lowest BCUT2D eigenvalue weighted by atomic mass is 9.92. The molecule has 2 heterocycles. The fourth-order valence-electron chi connectivity index (χ4n) is 2.66. The van der Waals surface area contributed by atoms with Gasteiger partial charge in [0.2, 0.25) is 5.88 Å². The Morgan fingerprint density at radius 2 is 2.37 bits per heavy atom. The Morgan fingerprint density at radius 1 is 1.58 bits per heavy atom. The maximum absolute atomic E-state index is 5.36. The van der Waals surface area contributed by atoms with Crippen molar-refractivity contribution in [2.45, 2.75) is 45.3 Å². The van der Waals surface area contributed by atoms with Crippen LogP contribution in [0.2, 0.25) is 0 Å². The summed E-state index contributed by atoms with van der Waals surface area (Å²) in [6.45, 7) is 9.81. The molecule has 0 saturated carbocycles. The van der Waals surface area contributed by atoms with Crippen molar-refractivity contribution in [1.82, 2.24) is 15.2 Å². The fraction of sp³-hybridized carbons (Fsp3) is 0.667. The smallest absolute Gasteiger partial charge is 0.217 e. The van der Waals surface area contributed by atoms with Crippen molar-refractivity contribution in [3.8, 4) is 5.88 Å². The molecule has 106 valence electrons. The summed E-state index contributed by atoms with van der Waals surface area (Å²) in [5, 5.41) is 3.58. The maximum atomic E-state index is 5.36. The number of rotatable bonds is 4. The van der Waals surface area contributed by atoms with E-state index in [0.29, 0.717) is 6.04 Å². The molecule has 4 heteroatoms. The molecule has 0 radical (unpaired) electrons. The monoisotopic (exact) mass is 263 g/mol. The third-order valence-corrected chi connectivity index (χ3v) is 4.26. The standard InChI is InChI=1S/C15H25N3O/c1-5-15(3)11-17-12(2)9-18(15)10-13-7-6-8-16-14(13)19-4/h6-8,12,17H,5,9-11H2,1-4H3. The van der Waals surface area contributed by atoms with Crippen LogP contribution in [0.15, 0.2) is 18.3 Å².